The Morgan fingerprint density at radius 1 is 0.824 bits per heavy atom. The molecule has 5 heteroatoms. The zero-order valence-electron chi connectivity index (χ0n) is 21.9. The van der Waals surface area contributed by atoms with E-state index in [1.165, 1.54) is 70.6 Å². The fraction of sp³-hybridized carbons (Fsp3) is 0.724. The lowest BCUT2D eigenvalue weighted by molar-refractivity contribution is -0.261. The van der Waals surface area contributed by atoms with E-state index in [-0.39, 0.29) is 5.41 Å². The maximum atomic E-state index is 12.1. The highest BCUT2D eigenvalue weighted by atomic mass is 17.2. The molecule has 1 rings (SSSR count). The van der Waals surface area contributed by atoms with Gasteiger partial charge in [0, 0.05) is 6.42 Å². The van der Waals surface area contributed by atoms with Crippen LogP contribution in [0.1, 0.15) is 127 Å². The van der Waals surface area contributed by atoms with Crippen molar-refractivity contribution >= 4 is 11.9 Å². The molecule has 0 radical (unpaired) electrons. The monoisotopic (exact) mass is 476 g/mol. The molecule has 194 valence electrons. The molecule has 0 saturated heterocycles. The van der Waals surface area contributed by atoms with Crippen LogP contribution >= 0.6 is 0 Å². The van der Waals surface area contributed by atoms with Gasteiger partial charge in [0.15, 0.2) is 0 Å². The lowest BCUT2D eigenvalue weighted by atomic mass is 9.74. The van der Waals surface area contributed by atoms with Crippen molar-refractivity contribution in [3.8, 4) is 0 Å². The van der Waals surface area contributed by atoms with Crippen molar-refractivity contribution in [2.24, 2.45) is 11.3 Å². The van der Waals surface area contributed by atoms with Crippen LogP contribution in [0, 0.1) is 11.3 Å². The molecule has 0 saturated carbocycles. The van der Waals surface area contributed by atoms with Crippen molar-refractivity contribution in [3.05, 3.63) is 35.9 Å². The third-order valence-corrected chi connectivity index (χ3v) is 6.78. The molecule has 0 aromatic heterocycles. The highest BCUT2D eigenvalue weighted by molar-refractivity contribution is 5.88. The fourth-order valence-corrected chi connectivity index (χ4v) is 4.43. The molecule has 0 aliphatic carbocycles. The first-order valence-corrected chi connectivity index (χ1v) is 13.5. The van der Waals surface area contributed by atoms with Gasteiger partial charge in [-0.05, 0) is 42.7 Å². The number of hydrogen-bond donors (Lipinski definition) is 1. The average molecular weight is 477 g/mol. The predicted molar refractivity (Wildman–Crippen MR) is 138 cm³/mol. The summed E-state index contributed by atoms with van der Waals surface area (Å²) < 4.78 is 0. The number of hydrogen-bond acceptors (Lipinski definition) is 4. The molecule has 1 N–H and O–H groups in total. The van der Waals surface area contributed by atoms with E-state index in [0.29, 0.717) is 24.5 Å². The van der Waals surface area contributed by atoms with Gasteiger partial charge in [0.2, 0.25) is 0 Å². The van der Waals surface area contributed by atoms with Crippen LogP contribution in [0.5, 0.6) is 0 Å². The van der Waals surface area contributed by atoms with Crippen LogP contribution in [0.3, 0.4) is 0 Å². The first kappa shape index (κ1) is 30.2. The second-order valence-corrected chi connectivity index (χ2v) is 10.3. The summed E-state index contributed by atoms with van der Waals surface area (Å²) in [6.45, 7) is 7.08. The molecule has 0 aliphatic rings. The summed E-state index contributed by atoms with van der Waals surface area (Å²) in [4.78, 5) is 33.1. The molecule has 34 heavy (non-hydrogen) atoms. The van der Waals surface area contributed by atoms with E-state index in [2.05, 4.69) is 20.8 Å². The van der Waals surface area contributed by atoms with Crippen LogP contribution in [0.4, 0.5) is 0 Å². The molecular weight excluding hydrogens is 428 g/mol. The summed E-state index contributed by atoms with van der Waals surface area (Å²) >= 11 is 0. The second-order valence-electron chi connectivity index (χ2n) is 10.3. The number of carbonyl (C=O) groups is 2. The fourth-order valence-electron chi connectivity index (χ4n) is 4.43. The van der Waals surface area contributed by atoms with E-state index in [1.54, 1.807) is 12.1 Å². The molecule has 0 bridgehead atoms. The number of benzene rings is 1. The van der Waals surface area contributed by atoms with Gasteiger partial charge in [0.25, 0.3) is 0 Å². The molecule has 0 aliphatic heterocycles. The normalized spacial score (nSPS) is 12.4. The summed E-state index contributed by atoms with van der Waals surface area (Å²) in [5, 5.41) is 8.65. The van der Waals surface area contributed by atoms with E-state index in [1.807, 2.05) is 18.2 Å². The third kappa shape index (κ3) is 14.4. The Kier molecular flexibility index (Phi) is 16.4. The van der Waals surface area contributed by atoms with Crippen molar-refractivity contribution < 1.29 is 24.5 Å². The average Bonchev–Trinajstić information content (AvgIpc) is 2.81. The number of unbranched alkanes of at least 4 members (excludes halogenated alkanes) is 10. The Labute approximate surface area is 207 Å². The molecule has 5 nitrogen and oxygen atoms in total. The summed E-state index contributed by atoms with van der Waals surface area (Å²) in [7, 11) is 0. The van der Waals surface area contributed by atoms with Gasteiger partial charge in [0.05, 0.1) is 12.2 Å². The highest BCUT2D eigenvalue weighted by Gasteiger charge is 2.30. The van der Waals surface area contributed by atoms with Crippen molar-refractivity contribution in [2.45, 2.75) is 117 Å². The van der Waals surface area contributed by atoms with Gasteiger partial charge in [-0.1, -0.05) is 110 Å². The van der Waals surface area contributed by atoms with E-state index in [0.717, 1.165) is 19.3 Å². The number of carbonyl (C=O) groups excluding carboxylic acids is 1. The quantitative estimate of drug-likeness (QED) is 0.110. The Bertz CT molecular complexity index is 656. The lowest BCUT2D eigenvalue weighted by Crippen LogP contribution is -2.30. The number of aliphatic carboxylic acids is 1. The minimum Gasteiger partial charge on any atom is -0.481 e. The van der Waals surface area contributed by atoms with Gasteiger partial charge >= 0.3 is 11.9 Å². The second kappa shape index (κ2) is 18.4. The summed E-state index contributed by atoms with van der Waals surface area (Å²) in [6, 6.07) is 8.94. The number of rotatable bonds is 21. The Hall–Kier alpha value is -1.88. The minimum atomic E-state index is -0.681. The Balaban J connectivity index is 2.21. The largest absolute Gasteiger partial charge is 0.481 e. The number of carboxylic acids is 1. The van der Waals surface area contributed by atoms with E-state index in [9.17, 15) is 9.59 Å². The molecule has 0 amide bonds. The van der Waals surface area contributed by atoms with Crippen LogP contribution in [0.25, 0.3) is 0 Å². The van der Waals surface area contributed by atoms with Crippen molar-refractivity contribution in [2.75, 3.05) is 6.61 Å². The molecular formula is C29H48O5. The van der Waals surface area contributed by atoms with Gasteiger partial charge in [-0.25, -0.2) is 4.79 Å². The van der Waals surface area contributed by atoms with E-state index < -0.39 is 11.9 Å². The van der Waals surface area contributed by atoms with Gasteiger partial charge in [-0.15, -0.1) is 0 Å². The maximum Gasteiger partial charge on any atom is 0.373 e. The zero-order valence-corrected chi connectivity index (χ0v) is 21.9. The minimum absolute atomic E-state index is 0.0488. The molecule has 0 heterocycles. The standard InChI is InChI=1S/C29H48O5/c1-4-5-21-26(22-17-12-10-8-6-7-9-11-13-18-23-27(30)31)29(2,3)24-33-34-28(32)25-19-15-14-16-20-25/h14-16,19-20,26H,4-13,17-18,21-24H2,1-3H3,(H,30,31). The van der Waals surface area contributed by atoms with Crippen molar-refractivity contribution in [1.29, 1.82) is 0 Å². The molecule has 1 aromatic rings. The lowest BCUT2D eigenvalue weighted by Gasteiger charge is -2.33. The molecule has 1 atom stereocenters. The van der Waals surface area contributed by atoms with E-state index >= 15 is 0 Å². The van der Waals surface area contributed by atoms with Crippen molar-refractivity contribution in [3.63, 3.8) is 0 Å². The van der Waals surface area contributed by atoms with Gasteiger partial charge in [-0.2, -0.15) is 4.89 Å². The van der Waals surface area contributed by atoms with Gasteiger partial charge in [0.1, 0.15) is 0 Å². The zero-order chi connectivity index (χ0) is 25.1. The van der Waals surface area contributed by atoms with Crippen molar-refractivity contribution in [1.82, 2.24) is 0 Å². The Morgan fingerprint density at radius 2 is 1.35 bits per heavy atom. The Morgan fingerprint density at radius 3 is 1.91 bits per heavy atom. The SMILES string of the molecule is CCCCC(CCCCCCCCCCCCC(=O)O)C(C)(C)COOC(=O)c1ccccc1. The molecule has 0 spiro atoms. The topological polar surface area (TPSA) is 72.8 Å². The predicted octanol–water partition coefficient (Wildman–Crippen LogP) is 8.37. The van der Waals surface area contributed by atoms with Crippen LogP contribution in [-0.4, -0.2) is 23.7 Å². The van der Waals surface area contributed by atoms with E-state index in [4.69, 9.17) is 14.9 Å². The molecule has 1 unspecified atom stereocenters. The first-order chi connectivity index (χ1) is 16.4. The summed E-state index contributed by atoms with van der Waals surface area (Å²) in [5.74, 6) is -0.574. The molecule has 1 aromatic carbocycles. The molecule has 0 fully saturated rings. The maximum absolute atomic E-state index is 12.1. The smallest absolute Gasteiger partial charge is 0.373 e. The first-order valence-electron chi connectivity index (χ1n) is 13.5. The van der Waals surface area contributed by atoms with Crippen LogP contribution in [-0.2, 0) is 14.6 Å². The summed E-state index contributed by atoms with van der Waals surface area (Å²) in [6.07, 6.45) is 16.9. The third-order valence-electron chi connectivity index (χ3n) is 6.78. The van der Waals surface area contributed by atoms with Crippen LogP contribution in [0.2, 0.25) is 0 Å². The number of carboxylic acid groups (broad SMARTS) is 1. The highest BCUT2D eigenvalue weighted by Crippen LogP contribution is 2.35. The van der Waals surface area contributed by atoms with Gasteiger partial charge < -0.3 is 5.11 Å². The van der Waals surface area contributed by atoms with Gasteiger partial charge in [-0.3, -0.25) is 9.68 Å². The summed E-state index contributed by atoms with van der Waals surface area (Å²) in [5.41, 5.74) is 0.452. The van der Waals surface area contributed by atoms with Crippen LogP contribution < -0.4 is 0 Å². The van der Waals surface area contributed by atoms with Crippen LogP contribution in [0.15, 0.2) is 30.3 Å².